The molecule has 0 heterocycles. The van der Waals surface area contributed by atoms with Crippen LogP contribution in [0.15, 0.2) is 29.4 Å². The first kappa shape index (κ1) is 15.0. The van der Waals surface area contributed by atoms with Crippen LogP contribution in [-0.2, 0) is 16.0 Å². The number of nitrogens with zero attached hydrogens (tertiary/aromatic N) is 1. The molecule has 1 aromatic carbocycles. The fraction of sp³-hybridized carbons (Fsp3) is 0.385. The van der Waals surface area contributed by atoms with Gasteiger partial charge in [0.05, 0.1) is 12.5 Å². The van der Waals surface area contributed by atoms with Crippen LogP contribution < -0.4 is 11.1 Å². The van der Waals surface area contributed by atoms with Gasteiger partial charge in [0.15, 0.2) is 5.84 Å². The van der Waals surface area contributed by atoms with Gasteiger partial charge in [0.2, 0.25) is 5.91 Å². The van der Waals surface area contributed by atoms with E-state index in [4.69, 9.17) is 15.7 Å². The van der Waals surface area contributed by atoms with Gasteiger partial charge < -0.3 is 21.0 Å². The van der Waals surface area contributed by atoms with E-state index in [1.165, 1.54) is 0 Å². The highest BCUT2D eigenvalue weighted by Crippen LogP contribution is 2.05. The van der Waals surface area contributed by atoms with E-state index in [2.05, 4.69) is 10.5 Å². The summed E-state index contributed by atoms with van der Waals surface area (Å²) in [6, 6.07) is 6.95. The fourth-order valence-electron chi connectivity index (χ4n) is 1.44. The van der Waals surface area contributed by atoms with Crippen LogP contribution in [0, 0.1) is 0 Å². The van der Waals surface area contributed by atoms with Gasteiger partial charge in [-0.1, -0.05) is 29.4 Å². The van der Waals surface area contributed by atoms with Crippen LogP contribution in [0.5, 0.6) is 0 Å². The van der Waals surface area contributed by atoms with Crippen molar-refractivity contribution in [2.45, 2.75) is 19.4 Å². The van der Waals surface area contributed by atoms with Crippen molar-refractivity contribution in [2.24, 2.45) is 10.9 Å². The van der Waals surface area contributed by atoms with Gasteiger partial charge in [0.25, 0.3) is 0 Å². The van der Waals surface area contributed by atoms with Crippen molar-refractivity contribution >= 4 is 11.7 Å². The lowest BCUT2D eigenvalue weighted by Gasteiger charge is -2.10. The first-order valence-electron chi connectivity index (χ1n) is 5.93. The second-order valence-corrected chi connectivity index (χ2v) is 4.21. The molecule has 1 atom stereocenters. The topological polar surface area (TPSA) is 96.9 Å². The molecule has 0 spiro atoms. The highest BCUT2D eigenvalue weighted by atomic mass is 16.5. The first-order valence-corrected chi connectivity index (χ1v) is 5.93. The zero-order valence-corrected chi connectivity index (χ0v) is 11.1. The largest absolute Gasteiger partial charge is 0.409 e. The molecular formula is C13H19N3O3. The highest BCUT2D eigenvalue weighted by molar-refractivity contribution is 5.97. The third kappa shape index (κ3) is 4.97. The average molecular weight is 265 g/mol. The lowest BCUT2D eigenvalue weighted by molar-refractivity contribution is -0.120. The summed E-state index contributed by atoms with van der Waals surface area (Å²) in [7, 11) is 1.60. The number of amides is 1. The van der Waals surface area contributed by atoms with Crippen molar-refractivity contribution < 1.29 is 14.7 Å². The number of benzene rings is 1. The van der Waals surface area contributed by atoms with Crippen molar-refractivity contribution in [3.05, 3.63) is 35.4 Å². The molecule has 19 heavy (non-hydrogen) atoms. The summed E-state index contributed by atoms with van der Waals surface area (Å²) in [5.74, 6) is -0.0228. The van der Waals surface area contributed by atoms with Crippen LogP contribution in [0.2, 0.25) is 0 Å². The summed E-state index contributed by atoms with van der Waals surface area (Å²) < 4.78 is 5.04. The molecule has 0 radical (unpaired) electrons. The SMILES string of the molecule is COC(C)CNC(=O)Cc1ccc(/C(N)=N/O)cc1. The molecule has 0 aliphatic rings. The predicted molar refractivity (Wildman–Crippen MR) is 72.1 cm³/mol. The standard InChI is InChI=1S/C13H19N3O3/c1-9(19-2)8-15-12(17)7-10-3-5-11(6-4-10)13(14)16-18/h3-6,9,18H,7-8H2,1-2H3,(H2,14,16)(H,15,17). The molecule has 0 bridgehead atoms. The maximum Gasteiger partial charge on any atom is 0.224 e. The number of carbonyl (C=O) groups is 1. The minimum atomic E-state index is -0.0690. The second-order valence-electron chi connectivity index (χ2n) is 4.21. The van der Waals surface area contributed by atoms with E-state index in [9.17, 15) is 4.79 Å². The van der Waals surface area contributed by atoms with Crippen LogP contribution in [-0.4, -0.2) is 36.7 Å². The Balaban J connectivity index is 2.51. The molecule has 1 unspecified atom stereocenters. The highest BCUT2D eigenvalue weighted by Gasteiger charge is 2.06. The molecule has 1 amide bonds. The van der Waals surface area contributed by atoms with Gasteiger partial charge in [-0.2, -0.15) is 0 Å². The third-order valence-electron chi connectivity index (χ3n) is 2.71. The molecular weight excluding hydrogens is 246 g/mol. The minimum absolute atomic E-state index is 0.00751. The molecule has 0 fully saturated rings. The number of oxime groups is 1. The minimum Gasteiger partial charge on any atom is -0.409 e. The van der Waals surface area contributed by atoms with E-state index in [0.29, 0.717) is 12.1 Å². The molecule has 6 nitrogen and oxygen atoms in total. The number of ether oxygens (including phenoxy) is 1. The van der Waals surface area contributed by atoms with Crippen LogP contribution in [0.3, 0.4) is 0 Å². The Kier molecular flexibility index (Phi) is 5.81. The molecule has 1 rings (SSSR count). The predicted octanol–water partition coefficient (Wildman–Crippen LogP) is 0.475. The van der Waals surface area contributed by atoms with E-state index in [1.807, 2.05) is 6.92 Å². The van der Waals surface area contributed by atoms with Crippen LogP contribution >= 0.6 is 0 Å². The summed E-state index contributed by atoms with van der Waals surface area (Å²) in [6.07, 6.45) is 0.277. The van der Waals surface area contributed by atoms with E-state index < -0.39 is 0 Å². The van der Waals surface area contributed by atoms with E-state index in [0.717, 1.165) is 5.56 Å². The van der Waals surface area contributed by atoms with Crippen molar-refractivity contribution in [1.29, 1.82) is 0 Å². The lowest BCUT2D eigenvalue weighted by atomic mass is 10.1. The van der Waals surface area contributed by atoms with E-state index >= 15 is 0 Å². The van der Waals surface area contributed by atoms with Crippen molar-refractivity contribution in [3.8, 4) is 0 Å². The summed E-state index contributed by atoms with van der Waals surface area (Å²) in [5, 5.41) is 14.2. The Morgan fingerprint density at radius 2 is 2.11 bits per heavy atom. The molecule has 0 saturated heterocycles. The number of nitrogens with one attached hydrogen (secondary N) is 1. The molecule has 0 aliphatic heterocycles. The first-order chi connectivity index (χ1) is 9.06. The Bertz CT molecular complexity index is 443. The third-order valence-corrected chi connectivity index (χ3v) is 2.71. The fourth-order valence-corrected chi connectivity index (χ4v) is 1.44. The maximum absolute atomic E-state index is 11.7. The smallest absolute Gasteiger partial charge is 0.224 e. The van der Waals surface area contributed by atoms with Crippen molar-refractivity contribution in [1.82, 2.24) is 5.32 Å². The van der Waals surface area contributed by atoms with Gasteiger partial charge in [-0.05, 0) is 12.5 Å². The Morgan fingerprint density at radius 3 is 2.63 bits per heavy atom. The Labute approximate surface area is 112 Å². The lowest BCUT2D eigenvalue weighted by Crippen LogP contribution is -2.32. The van der Waals surface area contributed by atoms with Gasteiger partial charge in [0, 0.05) is 19.2 Å². The van der Waals surface area contributed by atoms with Gasteiger partial charge in [-0.3, -0.25) is 4.79 Å². The number of methoxy groups -OCH3 is 1. The Morgan fingerprint density at radius 1 is 1.47 bits per heavy atom. The number of rotatable bonds is 6. The second kappa shape index (κ2) is 7.38. The van der Waals surface area contributed by atoms with Gasteiger partial charge in [-0.25, -0.2) is 0 Å². The molecule has 1 aromatic rings. The number of amidine groups is 1. The number of hydrogen-bond acceptors (Lipinski definition) is 4. The molecule has 0 aliphatic carbocycles. The number of nitrogens with two attached hydrogens (primary N) is 1. The van der Waals surface area contributed by atoms with Crippen LogP contribution in [0.25, 0.3) is 0 Å². The molecule has 104 valence electrons. The van der Waals surface area contributed by atoms with E-state index in [-0.39, 0.29) is 24.3 Å². The monoisotopic (exact) mass is 265 g/mol. The zero-order valence-electron chi connectivity index (χ0n) is 11.1. The maximum atomic E-state index is 11.7. The summed E-state index contributed by atoms with van der Waals surface area (Å²) in [6.45, 7) is 2.36. The van der Waals surface area contributed by atoms with Crippen molar-refractivity contribution in [3.63, 3.8) is 0 Å². The average Bonchev–Trinajstić information content (AvgIpc) is 2.44. The molecule has 0 aromatic heterocycles. The summed E-state index contributed by atoms with van der Waals surface area (Å²) in [4.78, 5) is 11.7. The van der Waals surface area contributed by atoms with E-state index in [1.54, 1.807) is 31.4 Å². The van der Waals surface area contributed by atoms with Gasteiger partial charge in [0.1, 0.15) is 0 Å². The van der Waals surface area contributed by atoms with Gasteiger partial charge >= 0.3 is 0 Å². The Hall–Kier alpha value is -2.08. The molecule has 0 saturated carbocycles. The van der Waals surface area contributed by atoms with Gasteiger partial charge in [-0.15, -0.1) is 0 Å². The molecule has 6 heteroatoms. The molecule has 4 N–H and O–H groups in total. The normalized spacial score (nSPS) is 13.1. The quantitative estimate of drug-likeness (QED) is 0.301. The summed E-state index contributed by atoms with van der Waals surface area (Å²) in [5.41, 5.74) is 6.92. The zero-order chi connectivity index (χ0) is 14.3. The number of carbonyl (C=O) groups excluding carboxylic acids is 1. The van der Waals surface area contributed by atoms with Crippen LogP contribution in [0.4, 0.5) is 0 Å². The van der Waals surface area contributed by atoms with Crippen LogP contribution in [0.1, 0.15) is 18.1 Å². The summed E-state index contributed by atoms with van der Waals surface area (Å²) >= 11 is 0. The number of hydrogen-bond donors (Lipinski definition) is 3. The van der Waals surface area contributed by atoms with Crippen molar-refractivity contribution in [2.75, 3.05) is 13.7 Å².